The van der Waals surface area contributed by atoms with Crippen LogP contribution in [0.1, 0.15) is 44.6 Å². The summed E-state index contributed by atoms with van der Waals surface area (Å²) in [6.45, 7) is 2.25. The van der Waals surface area contributed by atoms with Crippen LogP contribution in [-0.4, -0.2) is 9.97 Å². The van der Waals surface area contributed by atoms with Crippen molar-refractivity contribution in [2.24, 2.45) is 0 Å². The van der Waals surface area contributed by atoms with Gasteiger partial charge in [0.25, 0.3) is 0 Å². The van der Waals surface area contributed by atoms with Gasteiger partial charge >= 0.3 is 0 Å². The van der Waals surface area contributed by atoms with E-state index in [4.69, 9.17) is 11.5 Å². The van der Waals surface area contributed by atoms with Crippen LogP contribution in [-0.2, 0) is 6.42 Å². The number of anilines is 2. The highest BCUT2D eigenvalue weighted by molar-refractivity contribution is 6.11. The first-order valence-corrected chi connectivity index (χ1v) is 8.43. The number of rotatable bonds is 6. The molecular weight excluding hydrogens is 284 g/mol. The first-order valence-electron chi connectivity index (χ1n) is 8.43. The Balaban J connectivity index is 1.88. The van der Waals surface area contributed by atoms with Crippen LogP contribution in [0, 0.1) is 0 Å². The summed E-state index contributed by atoms with van der Waals surface area (Å²) in [5, 5.41) is 3.17. The topological polar surface area (TPSA) is 77.8 Å². The number of unbranched alkanes of at least 4 members (excludes halogenated alkanes) is 4. The first-order chi connectivity index (χ1) is 11.2. The molecule has 0 radical (unpaired) electrons. The van der Waals surface area contributed by atoms with Crippen molar-refractivity contribution < 1.29 is 0 Å². The van der Waals surface area contributed by atoms with Crippen LogP contribution in [0.5, 0.6) is 0 Å². The van der Waals surface area contributed by atoms with Crippen LogP contribution in [0.25, 0.3) is 21.7 Å². The molecule has 0 amide bonds. The summed E-state index contributed by atoms with van der Waals surface area (Å²) in [5.74, 6) is 0.670. The Labute approximate surface area is 136 Å². The first kappa shape index (κ1) is 15.5. The highest BCUT2D eigenvalue weighted by Gasteiger charge is 2.08. The maximum Gasteiger partial charge on any atom is 0.222 e. The fourth-order valence-electron chi connectivity index (χ4n) is 3.15. The molecule has 3 rings (SSSR count). The highest BCUT2D eigenvalue weighted by Crippen LogP contribution is 2.29. The molecule has 0 saturated heterocycles. The average Bonchev–Trinajstić information content (AvgIpc) is 2.53. The third-order valence-electron chi connectivity index (χ3n) is 4.36. The molecule has 0 bridgehead atoms. The summed E-state index contributed by atoms with van der Waals surface area (Å²) in [6.07, 6.45) is 7.66. The fraction of sp³-hybridized carbons (Fsp3) is 0.368. The molecule has 4 N–H and O–H groups in total. The van der Waals surface area contributed by atoms with E-state index in [1.165, 1.54) is 43.1 Å². The Morgan fingerprint density at radius 2 is 1.74 bits per heavy atom. The van der Waals surface area contributed by atoms with Crippen molar-refractivity contribution in [1.29, 1.82) is 0 Å². The summed E-state index contributed by atoms with van der Waals surface area (Å²) in [5.41, 5.74) is 13.9. The normalized spacial score (nSPS) is 11.3. The molecule has 0 unspecified atom stereocenters. The van der Waals surface area contributed by atoms with Crippen molar-refractivity contribution >= 4 is 33.4 Å². The monoisotopic (exact) mass is 308 g/mol. The standard InChI is InChI=1S/C19H24N4/c1-2-3-4-5-6-7-13-8-10-15-14(12-13)9-11-16-17(15)18(20)23-19(21)22-16/h8-12H,2-7H2,1H3,(H4,20,21,22,23). The van der Waals surface area contributed by atoms with Gasteiger partial charge in [-0.05, 0) is 35.2 Å². The van der Waals surface area contributed by atoms with Crippen molar-refractivity contribution in [3.8, 4) is 0 Å². The molecule has 4 nitrogen and oxygen atoms in total. The van der Waals surface area contributed by atoms with Gasteiger partial charge in [-0.2, -0.15) is 4.98 Å². The van der Waals surface area contributed by atoms with Crippen LogP contribution in [0.4, 0.5) is 11.8 Å². The summed E-state index contributed by atoms with van der Waals surface area (Å²) in [6, 6.07) is 10.6. The van der Waals surface area contributed by atoms with Crippen LogP contribution in [0.2, 0.25) is 0 Å². The van der Waals surface area contributed by atoms with E-state index in [2.05, 4.69) is 41.2 Å². The molecule has 0 spiro atoms. The van der Waals surface area contributed by atoms with Gasteiger partial charge in [-0.1, -0.05) is 56.9 Å². The van der Waals surface area contributed by atoms with Crippen LogP contribution in [0.3, 0.4) is 0 Å². The van der Waals surface area contributed by atoms with Gasteiger partial charge < -0.3 is 11.5 Å². The van der Waals surface area contributed by atoms with Crippen molar-refractivity contribution in [3.63, 3.8) is 0 Å². The molecular formula is C19H24N4. The Morgan fingerprint density at radius 3 is 2.57 bits per heavy atom. The van der Waals surface area contributed by atoms with Crippen LogP contribution >= 0.6 is 0 Å². The van der Waals surface area contributed by atoms with E-state index >= 15 is 0 Å². The number of nitrogen functional groups attached to an aromatic ring is 2. The summed E-state index contributed by atoms with van der Waals surface area (Å²) in [7, 11) is 0. The fourth-order valence-corrected chi connectivity index (χ4v) is 3.15. The summed E-state index contributed by atoms with van der Waals surface area (Å²) >= 11 is 0. The lowest BCUT2D eigenvalue weighted by molar-refractivity contribution is 0.632. The van der Waals surface area contributed by atoms with Gasteiger partial charge in [0.1, 0.15) is 5.82 Å². The SMILES string of the molecule is CCCCCCCc1ccc2c(ccc3nc(N)nc(N)c32)c1. The van der Waals surface area contributed by atoms with E-state index in [-0.39, 0.29) is 5.95 Å². The zero-order valence-corrected chi connectivity index (χ0v) is 13.7. The molecule has 3 aromatic rings. The highest BCUT2D eigenvalue weighted by atomic mass is 15.0. The summed E-state index contributed by atoms with van der Waals surface area (Å²) in [4.78, 5) is 8.37. The minimum Gasteiger partial charge on any atom is -0.383 e. The predicted octanol–water partition coefficient (Wildman–Crippen LogP) is 4.46. The van der Waals surface area contributed by atoms with Crippen molar-refractivity contribution in [3.05, 3.63) is 35.9 Å². The molecule has 0 aliphatic rings. The Bertz CT molecular complexity index is 826. The maximum atomic E-state index is 6.06. The van der Waals surface area contributed by atoms with Gasteiger partial charge in [0, 0.05) is 0 Å². The number of fused-ring (bicyclic) bond motifs is 3. The summed E-state index contributed by atoms with van der Waals surface area (Å²) < 4.78 is 0. The lowest BCUT2D eigenvalue weighted by Crippen LogP contribution is -2.00. The quantitative estimate of drug-likeness (QED) is 0.520. The van der Waals surface area contributed by atoms with E-state index in [0.717, 1.165) is 22.7 Å². The zero-order valence-electron chi connectivity index (χ0n) is 13.7. The molecule has 2 aromatic carbocycles. The Hall–Kier alpha value is -2.36. The third kappa shape index (κ3) is 3.36. The third-order valence-corrected chi connectivity index (χ3v) is 4.36. The van der Waals surface area contributed by atoms with E-state index in [1.807, 2.05) is 6.07 Å². The second kappa shape index (κ2) is 6.82. The zero-order chi connectivity index (χ0) is 16.2. The largest absolute Gasteiger partial charge is 0.383 e. The number of aryl methyl sites for hydroxylation is 1. The molecule has 120 valence electrons. The van der Waals surface area contributed by atoms with Crippen LogP contribution < -0.4 is 11.5 Å². The molecule has 0 aliphatic heterocycles. The molecule has 0 fully saturated rings. The second-order valence-corrected chi connectivity index (χ2v) is 6.15. The van der Waals surface area contributed by atoms with E-state index in [1.54, 1.807) is 0 Å². The smallest absolute Gasteiger partial charge is 0.222 e. The molecule has 0 atom stereocenters. The van der Waals surface area contributed by atoms with Crippen molar-refractivity contribution in [1.82, 2.24) is 9.97 Å². The van der Waals surface area contributed by atoms with Crippen molar-refractivity contribution in [2.45, 2.75) is 45.4 Å². The molecule has 4 heteroatoms. The predicted molar refractivity (Wildman–Crippen MR) is 98.3 cm³/mol. The molecule has 0 aliphatic carbocycles. The number of aromatic nitrogens is 2. The van der Waals surface area contributed by atoms with Gasteiger partial charge in [-0.25, -0.2) is 4.98 Å². The minimum absolute atomic E-state index is 0.220. The second-order valence-electron chi connectivity index (χ2n) is 6.15. The number of hydrogen-bond donors (Lipinski definition) is 2. The minimum atomic E-state index is 0.220. The number of benzene rings is 2. The average molecular weight is 308 g/mol. The van der Waals surface area contributed by atoms with Gasteiger partial charge in [-0.3, -0.25) is 0 Å². The number of hydrogen-bond acceptors (Lipinski definition) is 4. The molecule has 1 heterocycles. The van der Waals surface area contributed by atoms with E-state index in [9.17, 15) is 0 Å². The van der Waals surface area contributed by atoms with Gasteiger partial charge in [-0.15, -0.1) is 0 Å². The van der Waals surface area contributed by atoms with Gasteiger partial charge in [0.05, 0.1) is 10.9 Å². The lowest BCUT2D eigenvalue weighted by atomic mass is 9.99. The van der Waals surface area contributed by atoms with E-state index < -0.39 is 0 Å². The van der Waals surface area contributed by atoms with Gasteiger partial charge in [0.2, 0.25) is 5.95 Å². The Kier molecular flexibility index (Phi) is 4.60. The number of nitrogens with two attached hydrogens (primary N) is 2. The molecule has 0 saturated carbocycles. The van der Waals surface area contributed by atoms with Crippen LogP contribution in [0.15, 0.2) is 30.3 Å². The maximum absolute atomic E-state index is 6.06. The molecule has 23 heavy (non-hydrogen) atoms. The number of nitrogens with zero attached hydrogens (tertiary/aromatic N) is 2. The van der Waals surface area contributed by atoms with Gasteiger partial charge in [0.15, 0.2) is 0 Å². The lowest BCUT2D eigenvalue weighted by Gasteiger charge is -2.08. The Morgan fingerprint density at radius 1 is 0.913 bits per heavy atom. The van der Waals surface area contributed by atoms with E-state index in [0.29, 0.717) is 5.82 Å². The van der Waals surface area contributed by atoms with Crippen molar-refractivity contribution in [2.75, 3.05) is 11.5 Å². The molecule has 1 aromatic heterocycles.